The number of aliphatic hydroxyl groups is 1. The van der Waals surface area contributed by atoms with Crippen molar-refractivity contribution in [1.29, 1.82) is 0 Å². The normalized spacial score (nSPS) is 14.1. The lowest BCUT2D eigenvalue weighted by Gasteiger charge is -2.21. The molecule has 0 aliphatic rings. The summed E-state index contributed by atoms with van der Waals surface area (Å²) in [5.74, 6) is 0.313. The molecule has 4 nitrogen and oxygen atoms in total. The first kappa shape index (κ1) is 14.3. The maximum Gasteiger partial charge on any atom is 0.225 e. The van der Waals surface area contributed by atoms with E-state index in [-0.39, 0.29) is 12.5 Å². The molecule has 1 amide bonds. The number of furan rings is 1. The standard InChI is InChI=1S/C13H14BrNO3S/c1-13(17,10-3-2-6-18-10)8-15-12(16)7-9-4-5-11(14)19-9/h2-6,17H,7-8H2,1H3,(H,15,16)/t13-/m0/s1. The Bertz CT molecular complexity index is 548. The van der Waals surface area contributed by atoms with Crippen molar-refractivity contribution in [2.24, 2.45) is 0 Å². The molecule has 0 aliphatic heterocycles. The zero-order valence-electron chi connectivity index (χ0n) is 10.4. The van der Waals surface area contributed by atoms with E-state index in [9.17, 15) is 9.90 Å². The molecule has 0 fully saturated rings. The first-order valence-electron chi connectivity index (χ1n) is 5.75. The summed E-state index contributed by atoms with van der Waals surface area (Å²) in [4.78, 5) is 12.8. The van der Waals surface area contributed by atoms with Gasteiger partial charge in [-0.2, -0.15) is 0 Å². The van der Waals surface area contributed by atoms with Gasteiger partial charge in [0.15, 0.2) is 0 Å². The molecule has 0 aromatic carbocycles. The van der Waals surface area contributed by atoms with Gasteiger partial charge in [-0.25, -0.2) is 0 Å². The van der Waals surface area contributed by atoms with Crippen molar-refractivity contribution in [1.82, 2.24) is 5.32 Å². The minimum absolute atomic E-state index is 0.117. The predicted octanol–water partition coefficient (Wildman–Crippen LogP) is 2.67. The number of halogens is 1. The maximum absolute atomic E-state index is 11.8. The fourth-order valence-electron chi connectivity index (χ4n) is 1.61. The lowest BCUT2D eigenvalue weighted by Crippen LogP contribution is -2.38. The van der Waals surface area contributed by atoms with E-state index in [1.807, 2.05) is 12.1 Å². The van der Waals surface area contributed by atoms with Crippen LogP contribution in [0.5, 0.6) is 0 Å². The van der Waals surface area contributed by atoms with Crippen molar-refractivity contribution >= 4 is 33.2 Å². The molecule has 6 heteroatoms. The van der Waals surface area contributed by atoms with Gasteiger partial charge in [-0.15, -0.1) is 11.3 Å². The average Bonchev–Trinajstić information content (AvgIpc) is 2.98. The molecule has 0 bridgehead atoms. The Morgan fingerprint density at radius 3 is 2.89 bits per heavy atom. The van der Waals surface area contributed by atoms with E-state index < -0.39 is 5.60 Å². The van der Waals surface area contributed by atoms with E-state index in [0.717, 1.165) is 8.66 Å². The van der Waals surface area contributed by atoms with Gasteiger partial charge in [-0.05, 0) is 47.1 Å². The van der Waals surface area contributed by atoms with Crippen molar-refractivity contribution in [3.8, 4) is 0 Å². The molecule has 0 radical (unpaired) electrons. The van der Waals surface area contributed by atoms with E-state index in [0.29, 0.717) is 12.2 Å². The minimum Gasteiger partial charge on any atom is -0.466 e. The highest BCUT2D eigenvalue weighted by Gasteiger charge is 2.26. The largest absolute Gasteiger partial charge is 0.466 e. The van der Waals surface area contributed by atoms with Crippen LogP contribution in [0.3, 0.4) is 0 Å². The Balaban J connectivity index is 1.87. The van der Waals surface area contributed by atoms with E-state index >= 15 is 0 Å². The molecule has 0 unspecified atom stereocenters. The van der Waals surface area contributed by atoms with Crippen LogP contribution in [0.15, 0.2) is 38.7 Å². The molecule has 19 heavy (non-hydrogen) atoms. The third kappa shape index (κ3) is 3.92. The Hall–Kier alpha value is -1.11. The zero-order valence-corrected chi connectivity index (χ0v) is 12.8. The molecule has 0 aliphatic carbocycles. The van der Waals surface area contributed by atoms with Gasteiger partial charge in [0.2, 0.25) is 5.91 Å². The van der Waals surface area contributed by atoms with Gasteiger partial charge in [-0.1, -0.05) is 0 Å². The molecule has 2 aromatic heterocycles. The summed E-state index contributed by atoms with van der Waals surface area (Å²) in [6.07, 6.45) is 1.80. The second-order valence-corrected chi connectivity index (χ2v) is 6.96. The van der Waals surface area contributed by atoms with Crippen molar-refractivity contribution in [2.45, 2.75) is 18.9 Å². The summed E-state index contributed by atoms with van der Waals surface area (Å²) in [7, 11) is 0. The molecule has 2 aromatic rings. The molecule has 1 atom stereocenters. The fraction of sp³-hybridized carbons (Fsp3) is 0.308. The van der Waals surface area contributed by atoms with Crippen LogP contribution in [-0.4, -0.2) is 17.6 Å². The van der Waals surface area contributed by atoms with Crippen LogP contribution < -0.4 is 5.32 Å². The number of thiophene rings is 1. The van der Waals surface area contributed by atoms with E-state index in [1.54, 1.807) is 19.1 Å². The molecule has 2 N–H and O–H groups in total. The third-order valence-corrected chi connectivity index (χ3v) is 4.27. The van der Waals surface area contributed by atoms with Gasteiger partial charge >= 0.3 is 0 Å². The van der Waals surface area contributed by atoms with Crippen LogP contribution in [0.1, 0.15) is 17.6 Å². The lowest BCUT2D eigenvalue weighted by molar-refractivity contribution is -0.121. The SMILES string of the molecule is C[C@](O)(CNC(=O)Cc1ccc(Br)s1)c1ccco1. The highest BCUT2D eigenvalue weighted by molar-refractivity contribution is 9.11. The average molecular weight is 344 g/mol. The number of hydrogen-bond donors (Lipinski definition) is 2. The van der Waals surface area contributed by atoms with Crippen LogP contribution in [0, 0.1) is 0 Å². The molecule has 0 saturated carbocycles. The molecular weight excluding hydrogens is 330 g/mol. The fourth-order valence-corrected chi connectivity index (χ4v) is 3.09. The number of nitrogens with one attached hydrogen (secondary N) is 1. The molecule has 2 rings (SSSR count). The molecule has 0 saturated heterocycles. The van der Waals surface area contributed by atoms with Crippen molar-refractivity contribution in [3.05, 3.63) is 45.0 Å². The van der Waals surface area contributed by atoms with E-state index in [1.165, 1.54) is 17.6 Å². The molecule has 102 valence electrons. The Labute approximate surface area is 123 Å². The van der Waals surface area contributed by atoms with Crippen molar-refractivity contribution < 1.29 is 14.3 Å². The van der Waals surface area contributed by atoms with Crippen molar-refractivity contribution in [2.75, 3.05) is 6.54 Å². The van der Waals surface area contributed by atoms with Gasteiger partial charge in [0.05, 0.1) is 23.0 Å². The van der Waals surface area contributed by atoms with Crippen molar-refractivity contribution in [3.63, 3.8) is 0 Å². The second kappa shape index (κ2) is 5.90. The third-order valence-electron chi connectivity index (χ3n) is 2.65. The van der Waals surface area contributed by atoms with Gasteiger partial charge in [0.25, 0.3) is 0 Å². The Kier molecular flexibility index (Phi) is 4.44. The highest BCUT2D eigenvalue weighted by Crippen LogP contribution is 2.23. The van der Waals surface area contributed by atoms with Crippen LogP contribution in [-0.2, 0) is 16.8 Å². The summed E-state index contributed by atoms with van der Waals surface area (Å²) in [5, 5.41) is 12.9. The monoisotopic (exact) mass is 343 g/mol. The topological polar surface area (TPSA) is 62.5 Å². The number of carbonyl (C=O) groups excluding carboxylic acids is 1. The Morgan fingerprint density at radius 1 is 1.53 bits per heavy atom. The summed E-state index contributed by atoms with van der Waals surface area (Å²) in [5.41, 5.74) is -1.20. The molecule has 0 spiro atoms. The lowest BCUT2D eigenvalue weighted by atomic mass is 10.0. The summed E-state index contributed by atoms with van der Waals surface area (Å²) in [6, 6.07) is 7.20. The van der Waals surface area contributed by atoms with Crippen LogP contribution >= 0.6 is 27.3 Å². The summed E-state index contributed by atoms with van der Waals surface area (Å²) >= 11 is 4.88. The molecule has 2 heterocycles. The zero-order chi connectivity index (χ0) is 13.9. The maximum atomic E-state index is 11.8. The Morgan fingerprint density at radius 2 is 2.32 bits per heavy atom. The first-order valence-corrected chi connectivity index (χ1v) is 7.35. The van der Waals surface area contributed by atoms with Crippen LogP contribution in [0.25, 0.3) is 0 Å². The van der Waals surface area contributed by atoms with E-state index in [4.69, 9.17) is 4.42 Å². The van der Waals surface area contributed by atoms with Crippen LogP contribution in [0.4, 0.5) is 0 Å². The van der Waals surface area contributed by atoms with Crippen LogP contribution in [0.2, 0.25) is 0 Å². The second-order valence-electron chi connectivity index (χ2n) is 4.41. The van der Waals surface area contributed by atoms with E-state index in [2.05, 4.69) is 21.2 Å². The number of rotatable bonds is 5. The van der Waals surface area contributed by atoms with Gasteiger partial charge in [0, 0.05) is 4.88 Å². The summed E-state index contributed by atoms with van der Waals surface area (Å²) in [6.45, 7) is 1.72. The number of hydrogen-bond acceptors (Lipinski definition) is 4. The summed E-state index contributed by atoms with van der Waals surface area (Å²) < 4.78 is 6.14. The predicted molar refractivity (Wildman–Crippen MR) is 77.0 cm³/mol. The quantitative estimate of drug-likeness (QED) is 0.877. The number of carbonyl (C=O) groups is 1. The molecular formula is C13H14BrNO3S. The minimum atomic E-state index is -1.20. The number of amides is 1. The van der Waals surface area contributed by atoms with Gasteiger partial charge < -0.3 is 14.8 Å². The smallest absolute Gasteiger partial charge is 0.225 e. The highest BCUT2D eigenvalue weighted by atomic mass is 79.9. The first-order chi connectivity index (χ1) is 8.97. The van der Waals surface area contributed by atoms with Gasteiger partial charge in [-0.3, -0.25) is 4.79 Å². The van der Waals surface area contributed by atoms with Gasteiger partial charge in [0.1, 0.15) is 11.4 Å².